The summed E-state index contributed by atoms with van der Waals surface area (Å²) in [6.07, 6.45) is 1.17. The van der Waals surface area contributed by atoms with E-state index in [-0.39, 0.29) is 0 Å². The molecule has 1 rings (SSSR count). The van der Waals surface area contributed by atoms with Gasteiger partial charge in [0, 0.05) is 13.1 Å². The third-order valence-corrected chi connectivity index (χ3v) is 4.32. The van der Waals surface area contributed by atoms with Crippen LogP contribution in [0.5, 0.6) is 17.2 Å². The van der Waals surface area contributed by atoms with Crippen LogP contribution in [0, 0.1) is 5.41 Å². The van der Waals surface area contributed by atoms with Gasteiger partial charge < -0.3 is 24.6 Å². The second kappa shape index (κ2) is 8.62. The lowest BCUT2D eigenvalue weighted by Crippen LogP contribution is -2.40. The molecule has 0 aliphatic rings. The monoisotopic (exact) mass is 325 g/mol. The number of carboxylic acids is 1. The number of aliphatic carboxylic acids is 1. The van der Waals surface area contributed by atoms with Crippen molar-refractivity contribution in [3.05, 3.63) is 17.7 Å². The number of hydrogen-bond donors (Lipinski definition) is 2. The van der Waals surface area contributed by atoms with Gasteiger partial charge in [0.05, 0.1) is 26.7 Å². The van der Waals surface area contributed by atoms with Gasteiger partial charge in [-0.3, -0.25) is 4.79 Å². The molecule has 0 bridgehead atoms. The Morgan fingerprint density at radius 2 is 1.61 bits per heavy atom. The zero-order valence-electron chi connectivity index (χ0n) is 14.6. The van der Waals surface area contributed by atoms with Crippen LogP contribution in [0.4, 0.5) is 0 Å². The number of rotatable bonds is 10. The highest BCUT2D eigenvalue weighted by Gasteiger charge is 2.34. The molecule has 1 aromatic rings. The van der Waals surface area contributed by atoms with Crippen molar-refractivity contribution < 1.29 is 24.1 Å². The first kappa shape index (κ1) is 19.1. The van der Waals surface area contributed by atoms with Gasteiger partial charge in [-0.05, 0) is 30.5 Å². The number of benzene rings is 1. The molecule has 130 valence electrons. The van der Waals surface area contributed by atoms with E-state index in [2.05, 4.69) is 5.32 Å². The predicted molar refractivity (Wildman–Crippen MR) is 88.5 cm³/mol. The summed E-state index contributed by atoms with van der Waals surface area (Å²) in [5, 5.41) is 12.7. The highest BCUT2D eigenvalue weighted by Crippen LogP contribution is 2.38. The van der Waals surface area contributed by atoms with Crippen LogP contribution in [0.3, 0.4) is 0 Å². The second-order valence-corrected chi connectivity index (χ2v) is 5.43. The molecule has 0 saturated heterocycles. The summed E-state index contributed by atoms with van der Waals surface area (Å²) < 4.78 is 15.9. The maximum atomic E-state index is 11.5. The van der Waals surface area contributed by atoms with Gasteiger partial charge in [-0.15, -0.1) is 0 Å². The first-order valence-corrected chi connectivity index (χ1v) is 7.71. The van der Waals surface area contributed by atoms with Gasteiger partial charge in [-0.2, -0.15) is 0 Å². The molecule has 6 nitrogen and oxygen atoms in total. The first-order chi connectivity index (χ1) is 11.0. The number of carboxylic acid groups (broad SMARTS) is 1. The predicted octanol–water partition coefficient (Wildman–Crippen LogP) is 2.69. The fourth-order valence-corrected chi connectivity index (χ4v) is 2.56. The minimum Gasteiger partial charge on any atom is -0.493 e. The zero-order valence-corrected chi connectivity index (χ0v) is 14.6. The van der Waals surface area contributed by atoms with E-state index >= 15 is 0 Å². The Labute approximate surface area is 137 Å². The van der Waals surface area contributed by atoms with Crippen molar-refractivity contribution in [1.82, 2.24) is 5.32 Å². The molecule has 0 fully saturated rings. The number of carbonyl (C=O) groups is 1. The lowest BCUT2D eigenvalue weighted by molar-refractivity contribution is -0.149. The number of nitrogens with one attached hydrogen (secondary N) is 1. The summed E-state index contributed by atoms with van der Waals surface area (Å²) in [7, 11) is 4.69. The Balaban J connectivity index is 2.88. The molecule has 0 aromatic heterocycles. The lowest BCUT2D eigenvalue weighted by atomic mass is 9.82. The van der Waals surface area contributed by atoms with Gasteiger partial charge in [0.1, 0.15) is 0 Å². The molecule has 1 aromatic carbocycles. The third kappa shape index (κ3) is 4.28. The quantitative estimate of drug-likeness (QED) is 0.689. The molecule has 2 N–H and O–H groups in total. The van der Waals surface area contributed by atoms with E-state index in [9.17, 15) is 9.90 Å². The summed E-state index contributed by atoms with van der Waals surface area (Å²) in [5.74, 6) is 0.943. The zero-order chi connectivity index (χ0) is 17.5. The summed E-state index contributed by atoms with van der Waals surface area (Å²) in [6, 6.07) is 3.71. The first-order valence-electron chi connectivity index (χ1n) is 7.71. The van der Waals surface area contributed by atoms with Gasteiger partial charge >= 0.3 is 5.97 Å². The van der Waals surface area contributed by atoms with Crippen molar-refractivity contribution in [2.75, 3.05) is 27.9 Å². The Kier molecular flexibility index (Phi) is 7.16. The van der Waals surface area contributed by atoms with Gasteiger partial charge in [-0.25, -0.2) is 0 Å². The normalized spacial score (nSPS) is 11.2. The van der Waals surface area contributed by atoms with E-state index in [1.807, 2.05) is 26.0 Å². The highest BCUT2D eigenvalue weighted by molar-refractivity contribution is 5.74. The fraction of sp³-hybridized carbons (Fsp3) is 0.588. The molecular formula is C17H27NO5. The Hall–Kier alpha value is -1.95. The van der Waals surface area contributed by atoms with Crippen molar-refractivity contribution >= 4 is 5.97 Å². The molecule has 0 unspecified atom stereocenters. The molecule has 0 heterocycles. The van der Waals surface area contributed by atoms with Gasteiger partial charge in [0.15, 0.2) is 11.5 Å². The van der Waals surface area contributed by atoms with Crippen LogP contribution < -0.4 is 19.5 Å². The molecule has 0 spiro atoms. The number of ether oxygens (including phenoxy) is 3. The van der Waals surface area contributed by atoms with Crippen molar-refractivity contribution in [3.63, 3.8) is 0 Å². The summed E-state index contributed by atoms with van der Waals surface area (Å²) in [5.41, 5.74) is 0.201. The Morgan fingerprint density at radius 1 is 1.09 bits per heavy atom. The van der Waals surface area contributed by atoms with Crippen molar-refractivity contribution in [2.24, 2.45) is 5.41 Å². The average Bonchev–Trinajstić information content (AvgIpc) is 2.57. The van der Waals surface area contributed by atoms with Crippen molar-refractivity contribution in [1.29, 1.82) is 0 Å². The van der Waals surface area contributed by atoms with Crippen LogP contribution >= 0.6 is 0 Å². The lowest BCUT2D eigenvalue weighted by Gasteiger charge is -2.27. The van der Waals surface area contributed by atoms with Crippen LogP contribution in [0.2, 0.25) is 0 Å². The molecule has 0 saturated carbocycles. The van der Waals surface area contributed by atoms with Crippen LogP contribution in [-0.2, 0) is 11.3 Å². The Morgan fingerprint density at radius 3 is 1.96 bits per heavy atom. The molecule has 23 heavy (non-hydrogen) atoms. The van der Waals surface area contributed by atoms with E-state index in [1.54, 1.807) is 21.3 Å². The minimum atomic E-state index is -0.764. The minimum absolute atomic E-state index is 0.409. The molecule has 0 amide bonds. The number of methoxy groups -OCH3 is 3. The number of hydrogen-bond acceptors (Lipinski definition) is 5. The molecule has 6 heteroatoms. The van der Waals surface area contributed by atoms with Gasteiger partial charge in [-0.1, -0.05) is 13.8 Å². The molecule has 0 atom stereocenters. The van der Waals surface area contributed by atoms with E-state index in [4.69, 9.17) is 14.2 Å². The molecule has 0 aliphatic carbocycles. The summed E-state index contributed by atoms with van der Waals surface area (Å²) >= 11 is 0. The average molecular weight is 325 g/mol. The van der Waals surface area contributed by atoms with Crippen LogP contribution in [0.25, 0.3) is 0 Å². The maximum Gasteiger partial charge on any atom is 0.310 e. The van der Waals surface area contributed by atoms with Crippen LogP contribution in [-0.4, -0.2) is 38.9 Å². The van der Waals surface area contributed by atoms with E-state index < -0.39 is 11.4 Å². The largest absolute Gasteiger partial charge is 0.493 e. The van der Waals surface area contributed by atoms with Gasteiger partial charge in [0.25, 0.3) is 0 Å². The topological polar surface area (TPSA) is 77.0 Å². The summed E-state index contributed by atoms with van der Waals surface area (Å²) in [6.45, 7) is 4.73. The van der Waals surface area contributed by atoms with Crippen LogP contribution in [0.1, 0.15) is 32.3 Å². The van der Waals surface area contributed by atoms with E-state index in [0.717, 1.165) is 5.56 Å². The standard InChI is InChI=1S/C17H27NO5/c1-6-17(7-2,16(19)20)11-18-10-12-8-13(21-3)15(23-5)14(9-12)22-4/h8-9,18H,6-7,10-11H2,1-5H3,(H,19,20). The van der Waals surface area contributed by atoms with Crippen molar-refractivity contribution in [2.45, 2.75) is 33.2 Å². The Bertz CT molecular complexity index is 501. The molecule has 0 aliphatic heterocycles. The molecule has 0 radical (unpaired) electrons. The van der Waals surface area contributed by atoms with E-state index in [0.29, 0.717) is 43.2 Å². The summed E-state index contributed by atoms with van der Waals surface area (Å²) in [4.78, 5) is 11.5. The molecular weight excluding hydrogens is 298 g/mol. The van der Waals surface area contributed by atoms with E-state index in [1.165, 1.54) is 0 Å². The fourth-order valence-electron chi connectivity index (χ4n) is 2.56. The highest BCUT2D eigenvalue weighted by atomic mass is 16.5. The SMILES string of the molecule is CCC(CC)(CNCc1cc(OC)c(OC)c(OC)c1)C(=O)O. The smallest absolute Gasteiger partial charge is 0.310 e. The van der Waals surface area contributed by atoms with Crippen molar-refractivity contribution in [3.8, 4) is 17.2 Å². The van der Waals surface area contributed by atoms with Gasteiger partial charge in [0.2, 0.25) is 5.75 Å². The second-order valence-electron chi connectivity index (χ2n) is 5.43. The van der Waals surface area contributed by atoms with Crippen LogP contribution in [0.15, 0.2) is 12.1 Å². The third-order valence-electron chi connectivity index (χ3n) is 4.32. The maximum absolute atomic E-state index is 11.5.